The van der Waals surface area contributed by atoms with Crippen LogP contribution in [0.15, 0.2) is 54.7 Å². The van der Waals surface area contributed by atoms with E-state index in [1.54, 1.807) is 0 Å². The number of hydrogen-bond acceptors (Lipinski definition) is 9. The molecule has 0 aliphatic carbocycles. The van der Waals surface area contributed by atoms with Crippen molar-refractivity contribution < 1.29 is 31.9 Å². The molecule has 0 fully saturated rings. The summed E-state index contributed by atoms with van der Waals surface area (Å²) in [5.74, 6) is 3.14. The van der Waals surface area contributed by atoms with Crippen LogP contribution in [0.2, 0.25) is 0 Å². The molecular weight excluding hydrogens is 512 g/mol. The van der Waals surface area contributed by atoms with E-state index in [9.17, 15) is 27.2 Å². The van der Waals surface area contributed by atoms with Crippen molar-refractivity contribution in [1.29, 1.82) is 0 Å². The Kier molecular flexibility index (Phi) is 8.75. The number of alkyl carbamates (subject to hydrolysis) is 1. The number of pyridine rings is 3. The number of hydrazine groups is 1. The van der Waals surface area contributed by atoms with Gasteiger partial charge in [0.1, 0.15) is 23.3 Å². The molecule has 0 saturated carbocycles. The fourth-order valence-corrected chi connectivity index (χ4v) is 3.08. The van der Waals surface area contributed by atoms with Crippen LogP contribution < -0.4 is 22.2 Å². The van der Waals surface area contributed by atoms with Gasteiger partial charge in [-0.25, -0.2) is 28.8 Å². The first-order valence-electron chi connectivity index (χ1n) is 10.7. The quantitative estimate of drug-likeness (QED) is 0.147. The van der Waals surface area contributed by atoms with Crippen molar-refractivity contribution in [1.82, 2.24) is 25.3 Å². The molecule has 3 heterocycles. The maximum absolute atomic E-state index is 13.9. The zero-order chi connectivity index (χ0) is 28.0. The minimum atomic E-state index is -2.83. The van der Waals surface area contributed by atoms with Crippen molar-refractivity contribution in [2.45, 2.75) is 19.5 Å². The van der Waals surface area contributed by atoms with Gasteiger partial charge in [-0.2, -0.15) is 4.39 Å². The number of nitrogens with one attached hydrogen (secondary N) is 2. The standard InChI is InChI=1S/C23H22F4N8O3/c1-11(15-8-13(24)9-32-20(15)27)38-23(37)34-21(35(2)29)18(28)16-4-3-14(10-31-16)33-22(36)12-5-6-30-17(7-12)19(25)26/h3-11,19H,28-29H2,1-2H3,(H,33,36)(H,34,37)/b21-18-/t11-/m1/s1. The molecule has 0 bridgehead atoms. The van der Waals surface area contributed by atoms with Crippen molar-refractivity contribution in [2.75, 3.05) is 12.4 Å². The van der Waals surface area contributed by atoms with E-state index in [2.05, 4.69) is 25.6 Å². The van der Waals surface area contributed by atoms with Crippen LogP contribution in [0.3, 0.4) is 0 Å². The molecule has 6 N–H and O–H groups in total. The molecule has 3 aromatic rings. The number of anilines is 1. The minimum Gasteiger partial charge on any atom is -0.441 e. The van der Waals surface area contributed by atoms with Crippen LogP contribution in [0.5, 0.6) is 0 Å². The number of carbonyl (C=O) groups is 2. The Morgan fingerprint density at radius 1 is 1.08 bits per heavy atom. The summed E-state index contributed by atoms with van der Waals surface area (Å²) in [5, 5.41) is 5.78. The molecule has 0 unspecified atom stereocenters. The average molecular weight is 534 g/mol. The fourth-order valence-electron chi connectivity index (χ4n) is 3.08. The Morgan fingerprint density at radius 2 is 1.82 bits per heavy atom. The van der Waals surface area contributed by atoms with Crippen molar-refractivity contribution in [3.05, 3.63) is 89.0 Å². The number of rotatable bonds is 8. The molecule has 0 aromatic carbocycles. The monoisotopic (exact) mass is 534 g/mol. The van der Waals surface area contributed by atoms with Crippen LogP contribution in [0.4, 0.5) is 28.0 Å². The van der Waals surface area contributed by atoms with E-state index >= 15 is 0 Å². The first-order valence-corrected chi connectivity index (χ1v) is 10.7. The summed E-state index contributed by atoms with van der Waals surface area (Å²) in [6.07, 6.45) is -2.10. The van der Waals surface area contributed by atoms with E-state index in [0.29, 0.717) is 6.20 Å². The van der Waals surface area contributed by atoms with Gasteiger partial charge >= 0.3 is 6.09 Å². The minimum absolute atomic E-state index is 0.0309. The Hall–Kier alpha value is -4.79. The van der Waals surface area contributed by atoms with Crippen LogP contribution in [-0.2, 0) is 4.74 Å². The molecule has 0 aliphatic heterocycles. The molecule has 0 saturated heterocycles. The second-order valence-corrected chi connectivity index (χ2v) is 7.74. The third kappa shape index (κ3) is 6.91. The number of nitrogens with zero attached hydrogens (tertiary/aromatic N) is 4. The highest BCUT2D eigenvalue weighted by Crippen LogP contribution is 2.21. The molecule has 15 heteroatoms. The van der Waals surface area contributed by atoms with Crippen molar-refractivity contribution in [3.63, 3.8) is 0 Å². The molecule has 11 nitrogen and oxygen atoms in total. The molecule has 0 aliphatic rings. The van der Waals surface area contributed by atoms with E-state index in [4.69, 9.17) is 16.3 Å². The molecule has 2 amide bonds. The molecule has 3 aromatic heterocycles. The highest BCUT2D eigenvalue weighted by Gasteiger charge is 2.20. The third-order valence-electron chi connectivity index (χ3n) is 4.95. The van der Waals surface area contributed by atoms with E-state index in [-0.39, 0.29) is 34.0 Å². The predicted octanol–water partition coefficient (Wildman–Crippen LogP) is 3.22. The lowest BCUT2D eigenvalue weighted by atomic mass is 10.2. The molecule has 38 heavy (non-hydrogen) atoms. The van der Waals surface area contributed by atoms with Gasteiger partial charge in [-0.1, -0.05) is 0 Å². The van der Waals surface area contributed by atoms with E-state index in [0.717, 1.165) is 23.3 Å². The van der Waals surface area contributed by atoms with Crippen LogP contribution in [-0.4, -0.2) is 39.0 Å². The lowest BCUT2D eigenvalue weighted by Crippen LogP contribution is -2.39. The number of nitrogens with two attached hydrogens (primary N) is 2. The molecule has 0 spiro atoms. The van der Waals surface area contributed by atoms with E-state index < -0.39 is 42.0 Å². The molecule has 0 radical (unpaired) electrons. The number of ether oxygens (including phenoxy) is 1. The number of amides is 2. The van der Waals surface area contributed by atoms with Crippen LogP contribution in [0, 0.1) is 11.8 Å². The lowest BCUT2D eigenvalue weighted by Gasteiger charge is -2.21. The lowest BCUT2D eigenvalue weighted by molar-refractivity contribution is 0.102. The van der Waals surface area contributed by atoms with Gasteiger partial charge in [0.05, 0.1) is 29.3 Å². The van der Waals surface area contributed by atoms with Crippen LogP contribution >= 0.6 is 0 Å². The summed E-state index contributed by atoms with van der Waals surface area (Å²) >= 11 is 0. The SMILES string of the molecule is C[C@@H](OC(=O)N/C(=C(/N)c1ccc(NC(=O)c2ccnc(C(F)F)c2)cn1)N(C)N)c1cc(F)cnc1F. The second kappa shape index (κ2) is 12.0. The number of aromatic nitrogens is 3. The summed E-state index contributed by atoms with van der Waals surface area (Å²) in [5.41, 5.74) is 5.50. The summed E-state index contributed by atoms with van der Waals surface area (Å²) < 4.78 is 58.0. The van der Waals surface area contributed by atoms with E-state index in [1.165, 1.54) is 38.4 Å². The average Bonchev–Trinajstić information content (AvgIpc) is 2.88. The number of carbonyl (C=O) groups excluding carboxylic acids is 2. The Bertz CT molecular complexity index is 1350. The van der Waals surface area contributed by atoms with Crippen molar-refractivity contribution in [3.8, 4) is 0 Å². The van der Waals surface area contributed by atoms with Gasteiger partial charge < -0.3 is 15.8 Å². The number of hydrogen-bond donors (Lipinski definition) is 4. The topological polar surface area (TPSA) is 161 Å². The smallest absolute Gasteiger partial charge is 0.413 e. The normalized spacial score (nSPS) is 12.4. The van der Waals surface area contributed by atoms with Crippen LogP contribution in [0.1, 0.15) is 46.8 Å². The van der Waals surface area contributed by atoms with Gasteiger partial charge in [-0.3, -0.25) is 25.1 Å². The molecular formula is C23H22F4N8O3. The van der Waals surface area contributed by atoms with Gasteiger partial charge in [-0.15, -0.1) is 0 Å². The van der Waals surface area contributed by atoms with Gasteiger partial charge in [0.25, 0.3) is 12.3 Å². The Balaban J connectivity index is 1.72. The zero-order valence-electron chi connectivity index (χ0n) is 20.0. The Labute approximate surface area is 213 Å². The highest BCUT2D eigenvalue weighted by atomic mass is 19.3. The maximum atomic E-state index is 13.9. The van der Waals surface area contributed by atoms with Crippen molar-refractivity contribution in [2.24, 2.45) is 11.6 Å². The van der Waals surface area contributed by atoms with Gasteiger partial charge in [-0.05, 0) is 37.3 Å². The van der Waals surface area contributed by atoms with Crippen molar-refractivity contribution >= 4 is 23.4 Å². The van der Waals surface area contributed by atoms with Gasteiger partial charge in [0.2, 0.25) is 5.95 Å². The summed E-state index contributed by atoms with van der Waals surface area (Å²) in [4.78, 5) is 35.6. The third-order valence-corrected chi connectivity index (χ3v) is 4.95. The molecule has 1 atom stereocenters. The van der Waals surface area contributed by atoms with Crippen LogP contribution in [0.25, 0.3) is 5.70 Å². The summed E-state index contributed by atoms with van der Waals surface area (Å²) in [6, 6.07) is 5.91. The molecule has 3 rings (SSSR count). The maximum Gasteiger partial charge on any atom is 0.413 e. The Morgan fingerprint density at radius 3 is 2.45 bits per heavy atom. The fraction of sp³-hybridized carbons (Fsp3) is 0.174. The second-order valence-electron chi connectivity index (χ2n) is 7.74. The van der Waals surface area contributed by atoms with Gasteiger partial charge in [0, 0.05) is 18.8 Å². The molecule has 200 valence electrons. The number of halogens is 4. The zero-order valence-corrected chi connectivity index (χ0v) is 20.0. The number of alkyl halides is 2. The first kappa shape index (κ1) is 27.8. The largest absolute Gasteiger partial charge is 0.441 e. The van der Waals surface area contributed by atoms with E-state index in [1.807, 2.05) is 0 Å². The summed E-state index contributed by atoms with van der Waals surface area (Å²) in [7, 11) is 1.36. The highest BCUT2D eigenvalue weighted by molar-refractivity contribution is 6.04. The first-order chi connectivity index (χ1) is 18.0. The summed E-state index contributed by atoms with van der Waals surface area (Å²) in [6.45, 7) is 1.31. The van der Waals surface area contributed by atoms with Gasteiger partial charge in [0.15, 0.2) is 5.82 Å². The predicted molar refractivity (Wildman–Crippen MR) is 127 cm³/mol.